The van der Waals surface area contributed by atoms with E-state index in [1.165, 1.54) is 18.2 Å². The van der Waals surface area contributed by atoms with E-state index in [4.69, 9.17) is 0 Å². The van der Waals surface area contributed by atoms with E-state index >= 15 is 0 Å². The van der Waals surface area contributed by atoms with Gasteiger partial charge >= 0.3 is 5.97 Å². The molecule has 2 aromatic rings. The molecule has 186 valence electrons. The number of nitrogens with zero attached hydrogens (tertiary/aromatic N) is 1. The molecule has 0 saturated heterocycles. The Morgan fingerprint density at radius 2 is 1.86 bits per heavy atom. The number of hydrogen-bond acceptors (Lipinski definition) is 7. The Bertz CT molecular complexity index is 1140. The number of carboxylic acid groups (broad SMARTS) is 1. The Labute approximate surface area is 216 Å². The van der Waals surface area contributed by atoms with Crippen LogP contribution in [0.2, 0.25) is 0 Å². The highest BCUT2D eigenvalue weighted by Gasteiger charge is 2.20. The normalized spacial score (nSPS) is 15.9. The smallest absolute Gasteiger partial charge is 0.305 e. The van der Waals surface area contributed by atoms with Crippen LogP contribution in [0.4, 0.5) is 10.1 Å². The number of anilines is 1. The van der Waals surface area contributed by atoms with E-state index in [1.807, 2.05) is 0 Å². The summed E-state index contributed by atoms with van der Waals surface area (Å²) in [6.45, 7) is -0.335. The van der Waals surface area contributed by atoms with Gasteiger partial charge in [-0.25, -0.2) is 9.38 Å². The van der Waals surface area contributed by atoms with Gasteiger partial charge in [0.1, 0.15) is 11.9 Å². The fourth-order valence-electron chi connectivity index (χ4n) is 3.26. The molecule has 3 rings (SSSR count). The van der Waals surface area contributed by atoms with E-state index in [0.717, 1.165) is 0 Å². The maximum Gasteiger partial charge on any atom is 0.305 e. The van der Waals surface area contributed by atoms with Crippen molar-refractivity contribution in [3.8, 4) is 5.75 Å². The predicted octanol–water partition coefficient (Wildman–Crippen LogP) is 2.69. The zero-order valence-corrected chi connectivity index (χ0v) is 21.3. The van der Waals surface area contributed by atoms with Crippen molar-refractivity contribution in [1.82, 2.24) is 16.0 Å². The first kappa shape index (κ1) is 26.4. The highest BCUT2D eigenvalue weighted by Crippen LogP contribution is 2.26. The summed E-state index contributed by atoms with van der Waals surface area (Å²) in [5.74, 6) is -2.23. The first-order chi connectivity index (χ1) is 16.6. The molecule has 1 aliphatic rings. The number of amides is 2. The second kappa shape index (κ2) is 12.0. The monoisotopic (exact) mass is 613 g/mol. The topological polar surface area (TPSA) is 152 Å². The van der Waals surface area contributed by atoms with E-state index < -0.39 is 36.5 Å². The highest BCUT2D eigenvalue weighted by atomic mass is 79.9. The van der Waals surface area contributed by atoms with Crippen LogP contribution in [0.15, 0.2) is 50.3 Å². The number of alkyl halides is 1. The summed E-state index contributed by atoms with van der Waals surface area (Å²) in [7, 11) is 0. The number of carbonyl (C=O) groups excluding carboxylic acids is 2. The molecular formula is C22H22Br2FN5O5. The van der Waals surface area contributed by atoms with Gasteiger partial charge in [-0.05, 0) is 35.9 Å². The lowest BCUT2D eigenvalue weighted by Gasteiger charge is -2.19. The molecule has 1 unspecified atom stereocenters. The van der Waals surface area contributed by atoms with Gasteiger partial charge in [0.25, 0.3) is 5.91 Å². The van der Waals surface area contributed by atoms with Gasteiger partial charge in [-0.15, -0.1) is 0 Å². The number of aliphatic carboxylic acids is 1. The molecular weight excluding hydrogens is 593 g/mol. The van der Waals surface area contributed by atoms with Crippen LogP contribution in [0.25, 0.3) is 0 Å². The number of benzene rings is 2. The Morgan fingerprint density at radius 1 is 1.14 bits per heavy atom. The van der Waals surface area contributed by atoms with Crippen molar-refractivity contribution in [2.75, 3.05) is 25.0 Å². The Balaban J connectivity index is 1.63. The molecule has 2 amide bonds. The van der Waals surface area contributed by atoms with Crippen LogP contribution in [-0.2, 0) is 9.59 Å². The number of carboxylic acids is 1. The predicted molar refractivity (Wildman–Crippen MR) is 134 cm³/mol. The van der Waals surface area contributed by atoms with E-state index in [0.29, 0.717) is 26.2 Å². The fraction of sp³-hybridized carbons (Fsp3) is 0.273. The number of halogens is 3. The van der Waals surface area contributed by atoms with Gasteiger partial charge in [0, 0.05) is 26.3 Å². The number of phenols is 1. The van der Waals surface area contributed by atoms with Crippen molar-refractivity contribution in [2.45, 2.75) is 18.6 Å². The van der Waals surface area contributed by atoms with Gasteiger partial charge in [0.05, 0.1) is 32.1 Å². The van der Waals surface area contributed by atoms with Crippen LogP contribution in [-0.4, -0.2) is 59.8 Å². The Hall–Kier alpha value is -3.19. The summed E-state index contributed by atoms with van der Waals surface area (Å²) in [4.78, 5) is 40.4. The van der Waals surface area contributed by atoms with E-state index in [1.54, 1.807) is 18.2 Å². The first-order valence-corrected chi connectivity index (χ1v) is 12.0. The quantitative estimate of drug-likeness (QED) is 0.267. The summed E-state index contributed by atoms with van der Waals surface area (Å²) < 4.78 is 14.6. The van der Waals surface area contributed by atoms with Crippen LogP contribution in [0.5, 0.6) is 5.75 Å². The van der Waals surface area contributed by atoms with Crippen LogP contribution < -0.4 is 21.3 Å². The average molecular weight is 615 g/mol. The standard InChI is InChI=1S/C22H22Br2FN5O5/c23-13-1-11(2-14(24)5-13)18(7-20(33)34)30-19(32)10-26-21(35)12-3-16(6-17(31)4-12)29-22-27-8-15(25)9-28-22/h1-6,15,18,31H,7-10H2,(H,26,35)(H,30,32)(H,33,34)(H2,27,28,29)/t18-/m1/s1. The van der Waals surface area contributed by atoms with Crippen LogP contribution in [0, 0.1) is 0 Å². The fourth-order valence-corrected chi connectivity index (χ4v) is 4.59. The van der Waals surface area contributed by atoms with E-state index in [9.17, 15) is 29.0 Å². The van der Waals surface area contributed by atoms with Gasteiger partial charge in [0.2, 0.25) is 5.91 Å². The second-order valence-corrected chi connectivity index (χ2v) is 9.50. The molecule has 0 spiro atoms. The summed E-state index contributed by atoms with van der Waals surface area (Å²) in [5.41, 5.74) is 0.971. The molecule has 0 radical (unpaired) electrons. The lowest BCUT2D eigenvalue weighted by atomic mass is 10.0. The van der Waals surface area contributed by atoms with Crippen LogP contribution in [0.1, 0.15) is 28.4 Å². The van der Waals surface area contributed by atoms with E-state index in [-0.39, 0.29) is 30.8 Å². The van der Waals surface area contributed by atoms with Gasteiger partial charge in [-0.2, -0.15) is 0 Å². The minimum absolute atomic E-state index is 0.00361. The molecule has 2 atom stereocenters. The highest BCUT2D eigenvalue weighted by molar-refractivity contribution is 9.11. The molecule has 6 N–H and O–H groups in total. The second-order valence-electron chi connectivity index (χ2n) is 7.66. The van der Waals surface area contributed by atoms with E-state index in [2.05, 4.69) is 58.1 Å². The van der Waals surface area contributed by atoms with Crippen LogP contribution in [0.3, 0.4) is 0 Å². The molecule has 1 aliphatic heterocycles. The minimum atomic E-state index is -1.10. The summed E-state index contributed by atoms with van der Waals surface area (Å²) in [5, 5.41) is 29.9. The van der Waals surface area contributed by atoms with Crippen molar-refractivity contribution in [1.29, 1.82) is 0 Å². The summed E-state index contributed by atoms with van der Waals surface area (Å²) in [6.07, 6.45) is -1.44. The minimum Gasteiger partial charge on any atom is -0.508 e. The van der Waals surface area contributed by atoms with Gasteiger partial charge < -0.3 is 31.5 Å². The van der Waals surface area contributed by atoms with Gasteiger partial charge in [-0.1, -0.05) is 31.9 Å². The first-order valence-electron chi connectivity index (χ1n) is 10.4. The lowest BCUT2D eigenvalue weighted by molar-refractivity contribution is -0.137. The molecule has 35 heavy (non-hydrogen) atoms. The van der Waals surface area contributed by atoms with Crippen LogP contribution >= 0.6 is 31.9 Å². The third kappa shape index (κ3) is 8.21. The molecule has 2 aromatic carbocycles. The molecule has 0 fully saturated rings. The largest absolute Gasteiger partial charge is 0.508 e. The molecule has 10 nitrogen and oxygen atoms in total. The van der Waals surface area contributed by atoms with Gasteiger partial charge in [0.15, 0.2) is 5.96 Å². The number of nitrogens with one attached hydrogen (secondary N) is 4. The average Bonchev–Trinajstić information content (AvgIpc) is 2.77. The summed E-state index contributed by atoms with van der Waals surface area (Å²) >= 11 is 6.67. The number of guanidine groups is 1. The number of aromatic hydroxyl groups is 1. The molecule has 0 aliphatic carbocycles. The third-order valence-corrected chi connectivity index (χ3v) is 5.71. The molecule has 0 aromatic heterocycles. The maximum atomic E-state index is 13.2. The number of carbonyl (C=O) groups is 3. The zero-order valence-electron chi connectivity index (χ0n) is 18.1. The SMILES string of the molecule is O=C(O)C[C@@H](NC(=O)CNC(=O)c1cc(O)cc(NC2=NCC(F)CN2)c1)c1cc(Br)cc(Br)c1. The third-order valence-electron chi connectivity index (χ3n) is 4.79. The van der Waals surface area contributed by atoms with Crippen molar-refractivity contribution >= 4 is 61.3 Å². The number of rotatable bonds is 8. The zero-order chi connectivity index (χ0) is 25.5. The molecule has 13 heteroatoms. The number of phenolic OH excluding ortho intramolecular Hbond substituents is 1. The van der Waals surface area contributed by atoms with Crippen molar-refractivity contribution in [2.24, 2.45) is 4.99 Å². The molecule has 0 bridgehead atoms. The Kier molecular flexibility index (Phi) is 9.04. The van der Waals surface area contributed by atoms with Crippen molar-refractivity contribution in [3.05, 3.63) is 56.5 Å². The number of hydrogen-bond donors (Lipinski definition) is 6. The summed E-state index contributed by atoms with van der Waals surface area (Å²) in [6, 6.07) is 8.35. The van der Waals surface area contributed by atoms with Crippen molar-refractivity contribution in [3.63, 3.8) is 0 Å². The van der Waals surface area contributed by atoms with Crippen molar-refractivity contribution < 1.29 is 29.0 Å². The molecule has 1 heterocycles. The Morgan fingerprint density at radius 3 is 2.49 bits per heavy atom. The maximum absolute atomic E-state index is 13.2. The lowest BCUT2D eigenvalue weighted by Crippen LogP contribution is -2.41. The number of aliphatic imine (C=N–C) groups is 1. The molecule has 0 saturated carbocycles. The van der Waals surface area contributed by atoms with Gasteiger partial charge in [-0.3, -0.25) is 14.4 Å².